The van der Waals surface area contributed by atoms with Crippen LogP contribution in [0.5, 0.6) is 0 Å². The minimum Gasteiger partial charge on any atom is -0.477 e. The van der Waals surface area contributed by atoms with Gasteiger partial charge in [-0.3, -0.25) is 4.84 Å². The molecule has 0 aromatic heterocycles. The predicted molar refractivity (Wildman–Crippen MR) is 49.5 cm³/mol. The average Bonchev–Trinajstić information content (AvgIpc) is 2.48. The van der Waals surface area contributed by atoms with Crippen LogP contribution in [0.25, 0.3) is 0 Å². The van der Waals surface area contributed by atoms with E-state index in [0.717, 1.165) is 6.42 Å². The molecule has 1 aliphatic rings. The first-order chi connectivity index (χ1) is 6.50. The molecule has 0 aromatic carbocycles. The van der Waals surface area contributed by atoms with Gasteiger partial charge in [0.15, 0.2) is 0 Å². The van der Waals surface area contributed by atoms with E-state index in [-0.39, 0.29) is 6.04 Å². The second kappa shape index (κ2) is 4.25. The van der Waals surface area contributed by atoms with Crippen LogP contribution in [-0.2, 0) is 14.4 Å². The van der Waals surface area contributed by atoms with Crippen LogP contribution in [0.2, 0.25) is 0 Å². The van der Waals surface area contributed by atoms with Crippen LogP contribution in [0.3, 0.4) is 0 Å². The maximum absolute atomic E-state index is 10.9. The van der Waals surface area contributed by atoms with Crippen molar-refractivity contribution in [1.29, 1.82) is 0 Å². The highest BCUT2D eigenvalue weighted by atomic mass is 16.8. The van der Waals surface area contributed by atoms with Gasteiger partial charge in [0.2, 0.25) is 0 Å². The molecule has 14 heavy (non-hydrogen) atoms. The standard InChI is InChI=1S/C9H17NO4/c1-6(2)4-7-5-9(13-3,8(11)12)14-10-7/h6-7,10H,4-5H2,1-3H3,(H,11,12)/t7-,9?/m0/s1. The van der Waals surface area contributed by atoms with E-state index >= 15 is 0 Å². The quantitative estimate of drug-likeness (QED) is 0.705. The molecule has 2 N–H and O–H groups in total. The topological polar surface area (TPSA) is 67.8 Å². The first kappa shape index (κ1) is 11.4. The van der Waals surface area contributed by atoms with E-state index in [9.17, 15) is 4.79 Å². The third-order valence-corrected chi connectivity index (χ3v) is 2.32. The van der Waals surface area contributed by atoms with Crippen molar-refractivity contribution >= 4 is 5.97 Å². The monoisotopic (exact) mass is 203 g/mol. The van der Waals surface area contributed by atoms with Crippen LogP contribution >= 0.6 is 0 Å². The lowest BCUT2D eigenvalue weighted by Crippen LogP contribution is -2.40. The highest BCUT2D eigenvalue weighted by Gasteiger charge is 2.48. The molecule has 0 saturated carbocycles. The number of ether oxygens (including phenoxy) is 1. The first-order valence-electron chi connectivity index (χ1n) is 4.72. The molecule has 1 saturated heterocycles. The molecule has 1 fully saturated rings. The van der Waals surface area contributed by atoms with Gasteiger partial charge in [0.1, 0.15) is 0 Å². The number of nitrogens with one attached hydrogen (secondary N) is 1. The molecule has 0 aromatic rings. The van der Waals surface area contributed by atoms with E-state index in [1.54, 1.807) is 0 Å². The van der Waals surface area contributed by atoms with Gasteiger partial charge in [-0.05, 0) is 12.3 Å². The van der Waals surface area contributed by atoms with Crippen LogP contribution in [0, 0.1) is 5.92 Å². The van der Waals surface area contributed by atoms with Crippen molar-refractivity contribution in [2.24, 2.45) is 5.92 Å². The number of carbonyl (C=O) groups is 1. The Hall–Kier alpha value is -0.650. The minimum absolute atomic E-state index is 0.0473. The molecule has 1 rings (SSSR count). The van der Waals surface area contributed by atoms with E-state index in [0.29, 0.717) is 12.3 Å². The summed E-state index contributed by atoms with van der Waals surface area (Å²) in [6.07, 6.45) is 1.22. The Morgan fingerprint density at radius 3 is 2.79 bits per heavy atom. The minimum atomic E-state index is -1.50. The summed E-state index contributed by atoms with van der Waals surface area (Å²) >= 11 is 0. The lowest BCUT2D eigenvalue weighted by molar-refractivity contribution is -0.232. The van der Waals surface area contributed by atoms with Crippen LogP contribution in [0.1, 0.15) is 26.7 Å². The molecule has 1 unspecified atom stereocenters. The van der Waals surface area contributed by atoms with E-state index in [4.69, 9.17) is 14.7 Å². The molecular formula is C9H17NO4. The van der Waals surface area contributed by atoms with Gasteiger partial charge in [-0.25, -0.2) is 4.79 Å². The van der Waals surface area contributed by atoms with Crippen LogP contribution in [0.4, 0.5) is 0 Å². The first-order valence-corrected chi connectivity index (χ1v) is 4.72. The van der Waals surface area contributed by atoms with Gasteiger partial charge in [0.25, 0.3) is 5.79 Å². The lowest BCUT2D eigenvalue weighted by Gasteiger charge is -2.19. The van der Waals surface area contributed by atoms with Crippen LogP contribution < -0.4 is 5.48 Å². The average molecular weight is 203 g/mol. The molecule has 1 heterocycles. The Balaban J connectivity index is 2.57. The van der Waals surface area contributed by atoms with Gasteiger partial charge in [-0.15, -0.1) is 0 Å². The summed E-state index contributed by atoms with van der Waals surface area (Å²) in [7, 11) is 1.34. The summed E-state index contributed by atoms with van der Waals surface area (Å²) in [5, 5.41) is 8.93. The Bertz CT molecular complexity index is 219. The van der Waals surface area contributed by atoms with Crippen molar-refractivity contribution in [3.05, 3.63) is 0 Å². The van der Waals surface area contributed by atoms with E-state index in [1.165, 1.54) is 7.11 Å². The van der Waals surface area contributed by atoms with Gasteiger partial charge in [-0.2, -0.15) is 5.48 Å². The van der Waals surface area contributed by atoms with Crippen molar-refractivity contribution in [1.82, 2.24) is 5.48 Å². The largest absolute Gasteiger partial charge is 0.477 e. The van der Waals surface area contributed by atoms with Crippen molar-refractivity contribution in [3.8, 4) is 0 Å². The van der Waals surface area contributed by atoms with Crippen LogP contribution in [-0.4, -0.2) is 30.0 Å². The fourth-order valence-electron chi connectivity index (χ4n) is 1.63. The number of hydroxylamine groups is 1. The fourth-order valence-corrected chi connectivity index (χ4v) is 1.63. The zero-order valence-electron chi connectivity index (χ0n) is 8.74. The number of carboxylic acids is 1. The summed E-state index contributed by atoms with van der Waals surface area (Å²) in [5.41, 5.74) is 2.71. The molecule has 2 atom stereocenters. The van der Waals surface area contributed by atoms with Gasteiger partial charge in [0.05, 0.1) is 0 Å². The van der Waals surface area contributed by atoms with Crippen molar-refractivity contribution < 1.29 is 19.5 Å². The molecule has 1 aliphatic heterocycles. The van der Waals surface area contributed by atoms with Crippen molar-refractivity contribution in [3.63, 3.8) is 0 Å². The molecule has 0 aliphatic carbocycles. The van der Waals surface area contributed by atoms with Gasteiger partial charge >= 0.3 is 5.97 Å². The zero-order valence-corrected chi connectivity index (χ0v) is 8.74. The van der Waals surface area contributed by atoms with Gasteiger partial charge in [-0.1, -0.05) is 13.8 Å². The number of rotatable bonds is 4. The van der Waals surface area contributed by atoms with Gasteiger partial charge < -0.3 is 9.84 Å². The van der Waals surface area contributed by atoms with Crippen molar-refractivity contribution in [2.45, 2.75) is 38.5 Å². The number of carboxylic acid groups (broad SMARTS) is 1. The molecule has 82 valence electrons. The molecule has 0 bridgehead atoms. The second-order valence-corrected chi connectivity index (χ2v) is 4.01. The zero-order chi connectivity index (χ0) is 10.8. The SMILES string of the molecule is COC1(C(=O)O)C[C@H](CC(C)C)NO1. The Morgan fingerprint density at radius 1 is 1.79 bits per heavy atom. The maximum Gasteiger partial charge on any atom is 0.366 e. The molecule has 5 nitrogen and oxygen atoms in total. The predicted octanol–water partition coefficient (Wildman–Crippen LogP) is 0.753. The Morgan fingerprint density at radius 2 is 2.43 bits per heavy atom. The summed E-state index contributed by atoms with van der Waals surface area (Å²) in [5.74, 6) is -2.09. The maximum atomic E-state index is 10.9. The number of hydrogen-bond donors (Lipinski definition) is 2. The molecule has 0 amide bonds. The van der Waals surface area contributed by atoms with Crippen LogP contribution in [0.15, 0.2) is 0 Å². The lowest BCUT2D eigenvalue weighted by atomic mass is 9.99. The van der Waals surface area contributed by atoms with Crippen molar-refractivity contribution in [2.75, 3.05) is 7.11 Å². The van der Waals surface area contributed by atoms with Gasteiger partial charge in [0, 0.05) is 19.6 Å². The molecule has 0 spiro atoms. The highest BCUT2D eigenvalue weighted by Crippen LogP contribution is 2.27. The highest BCUT2D eigenvalue weighted by molar-refractivity contribution is 5.76. The number of hydrogen-bond acceptors (Lipinski definition) is 4. The third-order valence-electron chi connectivity index (χ3n) is 2.32. The summed E-state index contributed by atoms with van der Waals surface area (Å²) in [6.45, 7) is 4.16. The van der Waals surface area contributed by atoms with E-state index in [1.807, 2.05) is 0 Å². The summed E-state index contributed by atoms with van der Waals surface area (Å²) in [6, 6.07) is 0.0473. The second-order valence-electron chi connectivity index (χ2n) is 4.01. The summed E-state index contributed by atoms with van der Waals surface area (Å²) < 4.78 is 4.89. The molecular weight excluding hydrogens is 186 g/mol. The molecule has 0 radical (unpaired) electrons. The van der Waals surface area contributed by atoms with E-state index in [2.05, 4.69) is 19.3 Å². The summed E-state index contributed by atoms with van der Waals surface area (Å²) in [4.78, 5) is 15.9. The Kier molecular flexibility index (Phi) is 3.47. The molecule has 5 heteroatoms. The van der Waals surface area contributed by atoms with E-state index < -0.39 is 11.8 Å². The third kappa shape index (κ3) is 2.23. The fraction of sp³-hybridized carbons (Fsp3) is 0.889. The number of methoxy groups -OCH3 is 1. The Labute approximate surface area is 83.3 Å². The number of aliphatic carboxylic acids is 1. The normalized spacial score (nSPS) is 32.4. The smallest absolute Gasteiger partial charge is 0.366 e.